The summed E-state index contributed by atoms with van der Waals surface area (Å²) in [6, 6.07) is 4.45. The van der Waals surface area contributed by atoms with Crippen LogP contribution in [0, 0.1) is 6.92 Å². The van der Waals surface area contributed by atoms with Gasteiger partial charge in [-0.2, -0.15) is 0 Å². The summed E-state index contributed by atoms with van der Waals surface area (Å²) in [5, 5.41) is 0. The smallest absolute Gasteiger partial charge is 0.126 e. The summed E-state index contributed by atoms with van der Waals surface area (Å²) in [6.45, 7) is 7.37. The van der Waals surface area contributed by atoms with Crippen molar-refractivity contribution in [1.29, 1.82) is 0 Å². The molecule has 106 valence electrons. The largest absolute Gasteiger partial charge is 0.496 e. The fourth-order valence-corrected chi connectivity index (χ4v) is 3.64. The van der Waals surface area contributed by atoms with Crippen molar-refractivity contribution in [2.45, 2.75) is 57.8 Å². The predicted molar refractivity (Wildman–Crippen MR) is 81.0 cm³/mol. The monoisotopic (exact) mass is 261 g/mol. The molecule has 0 radical (unpaired) electrons. The van der Waals surface area contributed by atoms with E-state index in [1.54, 1.807) is 7.11 Å². The van der Waals surface area contributed by atoms with Crippen molar-refractivity contribution in [1.82, 2.24) is 0 Å². The Hall–Kier alpha value is -1.02. The van der Waals surface area contributed by atoms with Gasteiger partial charge in [-0.3, -0.25) is 0 Å². The van der Waals surface area contributed by atoms with Crippen molar-refractivity contribution >= 4 is 0 Å². The molecule has 2 nitrogen and oxygen atoms in total. The van der Waals surface area contributed by atoms with Gasteiger partial charge in [0.15, 0.2) is 0 Å². The molecule has 19 heavy (non-hydrogen) atoms. The molecular formula is C17H27NO. The minimum absolute atomic E-state index is 0.139. The highest BCUT2D eigenvalue weighted by Crippen LogP contribution is 2.47. The minimum atomic E-state index is 0.139. The molecular weight excluding hydrogens is 234 g/mol. The second-order valence-corrected chi connectivity index (χ2v) is 6.23. The van der Waals surface area contributed by atoms with Gasteiger partial charge in [0.2, 0.25) is 0 Å². The Kier molecular flexibility index (Phi) is 4.19. The molecule has 0 unspecified atom stereocenters. The van der Waals surface area contributed by atoms with Crippen LogP contribution in [0.4, 0.5) is 0 Å². The molecule has 1 fully saturated rings. The van der Waals surface area contributed by atoms with Gasteiger partial charge in [0.25, 0.3) is 0 Å². The van der Waals surface area contributed by atoms with E-state index in [1.807, 2.05) is 0 Å². The quantitative estimate of drug-likeness (QED) is 0.892. The molecule has 2 N–H and O–H groups in total. The van der Waals surface area contributed by atoms with Crippen molar-refractivity contribution in [3.05, 3.63) is 28.8 Å². The Labute approximate surface area is 117 Å². The highest BCUT2D eigenvalue weighted by molar-refractivity contribution is 5.52. The fraction of sp³-hybridized carbons (Fsp3) is 0.647. The fourth-order valence-electron chi connectivity index (χ4n) is 3.64. The van der Waals surface area contributed by atoms with Crippen LogP contribution in [-0.4, -0.2) is 13.7 Å². The topological polar surface area (TPSA) is 35.2 Å². The van der Waals surface area contributed by atoms with Crippen molar-refractivity contribution in [2.24, 2.45) is 5.73 Å². The standard InChI is InChI=1S/C17H27NO/c1-12(2)14-8-7-13(3)15(16(14)19-4)17(11-18)9-5-6-10-17/h7-8,12H,5-6,9-11,18H2,1-4H3. The highest BCUT2D eigenvalue weighted by atomic mass is 16.5. The number of nitrogens with two attached hydrogens (primary N) is 1. The van der Waals surface area contributed by atoms with Crippen LogP contribution in [-0.2, 0) is 5.41 Å². The summed E-state index contributed by atoms with van der Waals surface area (Å²) in [5.41, 5.74) is 10.3. The minimum Gasteiger partial charge on any atom is -0.496 e. The second kappa shape index (κ2) is 5.54. The molecule has 0 atom stereocenters. The molecule has 0 heterocycles. The Morgan fingerprint density at radius 1 is 1.26 bits per heavy atom. The Morgan fingerprint density at radius 3 is 2.37 bits per heavy atom. The molecule has 2 rings (SSSR count). The van der Waals surface area contributed by atoms with E-state index < -0.39 is 0 Å². The van der Waals surface area contributed by atoms with Gasteiger partial charge in [-0.15, -0.1) is 0 Å². The molecule has 0 aliphatic heterocycles. The van der Waals surface area contributed by atoms with Crippen molar-refractivity contribution < 1.29 is 4.74 Å². The van der Waals surface area contributed by atoms with E-state index in [4.69, 9.17) is 10.5 Å². The highest BCUT2D eigenvalue weighted by Gasteiger charge is 2.38. The van der Waals surface area contributed by atoms with E-state index in [0.717, 1.165) is 12.3 Å². The number of methoxy groups -OCH3 is 1. The lowest BCUT2D eigenvalue weighted by molar-refractivity contribution is 0.370. The van der Waals surface area contributed by atoms with Crippen LogP contribution in [0.5, 0.6) is 5.75 Å². The van der Waals surface area contributed by atoms with Crippen LogP contribution >= 0.6 is 0 Å². The van der Waals surface area contributed by atoms with Crippen molar-refractivity contribution in [3.8, 4) is 5.75 Å². The Balaban J connectivity index is 2.63. The van der Waals surface area contributed by atoms with Crippen LogP contribution in [0.15, 0.2) is 12.1 Å². The van der Waals surface area contributed by atoms with E-state index >= 15 is 0 Å². The maximum atomic E-state index is 6.16. The molecule has 1 aliphatic carbocycles. The van der Waals surface area contributed by atoms with Crippen LogP contribution in [0.25, 0.3) is 0 Å². The third-order valence-corrected chi connectivity index (χ3v) is 4.70. The van der Waals surface area contributed by atoms with Crippen molar-refractivity contribution in [3.63, 3.8) is 0 Å². The Bertz CT molecular complexity index is 445. The number of aryl methyl sites for hydroxylation is 1. The van der Waals surface area contributed by atoms with Crippen LogP contribution in [0.2, 0.25) is 0 Å². The molecule has 0 amide bonds. The third-order valence-electron chi connectivity index (χ3n) is 4.70. The predicted octanol–water partition coefficient (Wildman–Crippen LogP) is 3.90. The van der Waals surface area contributed by atoms with Crippen LogP contribution in [0.1, 0.15) is 62.1 Å². The summed E-state index contributed by atoms with van der Waals surface area (Å²) in [5.74, 6) is 1.56. The molecule has 1 aromatic carbocycles. The lowest BCUT2D eigenvalue weighted by atomic mass is 9.75. The average molecular weight is 261 g/mol. The van der Waals surface area contributed by atoms with Gasteiger partial charge in [0, 0.05) is 17.5 Å². The number of hydrogen-bond acceptors (Lipinski definition) is 2. The van der Waals surface area contributed by atoms with E-state index in [1.165, 1.54) is 42.4 Å². The van der Waals surface area contributed by atoms with Gasteiger partial charge in [-0.25, -0.2) is 0 Å². The molecule has 0 spiro atoms. The number of ether oxygens (including phenoxy) is 1. The molecule has 0 bridgehead atoms. The SMILES string of the molecule is COc1c(C(C)C)ccc(C)c1C1(CN)CCCC1. The zero-order valence-electron chi connectivity index (χ0n) is 12.8. The summed E-state index contributed by atoms with van der Waals surface area (Å²) < 4.78 is 5.80. The lowest BCUT2D eigenvalue weighted by Gasteiger charge is -2.32. The van der Waals surface area contributed by atoms with Gasteiger partial charge in [0.05, 0.1) is 7.11 Å². The van der Waals surface area contributed by atoms with Gasteiger partial charge in [-0.1, -0.05) is 38.8 Å². The zero-order chi connectivity index (χ0) is 14.0. The lowest BCUT2D eigenvalue weighted by Crippen LogP contribution is -2.33. The average Bonchev–Trinajstić information content (AvgIpc) is 2.87. The van der Waals surface area contributed by atoms with E-state index in [-0.39, 0.29) is 5.41 Å². The normalized spacial score (nSPS) is 18.0. The van der Waals surface area contributed by atoms with Gasteiger partial charge < -0.3 is 10.5 Å². The first-order chi connectivity index (χ1) is 9.05. The van der Waals surface area contributed by atoms with E-state index in [2.05, 4.69) is 32.9 Å². The third kappa shape index (κ3) is 2.38. The number of rotatable bonds is 4. The first-order valence-electron chi connectivity index (χ1n) is 7.44. The molecule has 0 saturated heterocycles. The summed E-state index contributed by atoms with van der Waals surface area (Å²) in [4.78, 5) is 0. The maximum absolute atomic E-state index is 6.16. The van der Waals surface area contributed by atoms with Crippen LogP contribution < -0.4 is 10.5 Å². The van der Waals surface area contributed by atoms with E-state index in [9.17, 15) is 0 Å². The summed E-state index contributed by atoms with van der Waals surface area (Å²) in [7, 11) is 1.79. The molecule has 1 aliphatic rings. The van der Waals surface area contributed by atoms with Gasteiger partial charge in [0.1, 0.15) is 5.75 Å². The van der Waals surface area contributed by atoms with E-state index in [0.29, 0.717) is 5.92 Å². The maximum Gasteiger partial charge on any atom is 0.126 e. The van der Waals surface area contributed by atoms with Gasteiger partial charge >= 0.3 is 0 Å². The zero-order valence-corrected chi connectivity index (χ0v) is 12.8. The number of benzene rings is 1. The summed E-state index contributed by atoms with van der Waals surface area (Å²) >= 11 is 0. The van der Waals surface area contributed by atoms with Crippen LogP contribution in [0.3, 0.4) is 0 Å². The first kappa shape index (κ1) is 14.4. The van der Waals surface area contributed by atoms with Crippen molar-refractivity contribution in [2.75, 3.05) is 13.7 Å². The second-order valence-electron chi connectivity index (χ2n) is 6.23. The Morgan fingerprint density at radius 2 is 1.89 bits per heavy atom. The van der Waals surface area contributed by atoms with Gasteiger partial charge in [-0.05, 0) is 36.8 Å². The first-order valence-corrected chi connectivity index (χ1v) is 7.44. The molecule has 1 saturated carbocycles. The molecule has 1 aromatic rings. The molecule has 0 aromatic heterocycles. The molecule has 2 heteroatoms. The summed E-state index contributed by atoms with van der Waals surface area (Å²) in [6.07, 6.45) is 4.96. The number of hydrogen-bond donors (Lipinski definition) is 1.